The molecule has 4 rings (SSSR count). The molecule has 0 spiro atoms. The van der Waals surface area contributed by atoms with Crippen molar-refractivity contribution in [3.8, 4) is 5.69 Å². The summed E-state index contributed by atoms with van der Waals surface area (Å²) in [5.41, 5.74) is 1.46. The van der Waals surface area contributed by atoms with E-state index in [4.69, 9.17) is 0 Å². The Morgan fingerprint density at radius 2 is 2.27 bits per heavy atom. The molecule has 1 unspecified atom stereocenters. The lowest BCUT2D eigenvalue weighted by atomic mass is 10.0. The number of carbonyl (C=O) groups excluding carboxylic acids is 1. The van der Waals surface area contributed by atoms with Gasteiger partial charge in [-0.3, -0.25) is 4.79 Å². The zero-order chi connectivity index (χ0) is 17.9. The van der Waals surface area contributed by atoms with Gasteiger partial charge in [-0.1, -0.05) is 12.5 Å². The van der Waals surface area contributed by atoms with E-state index in [0.29, 0.717) is 18.1 Å². The standard InChI is InChI=1S/C17H18FN7O/c18-13-4-3-5-14(8-13)25-11-12(10-20-25)9-19-17(26)15-6-1-2-7-24-16(15)21-22-23-24/h3-5,8,10-11,15H,1-2,6-7,9H2,(H,19,26). The Morgan fingerprint density at radius 3 is 3.15 bits per heavy atom. The zero-order valence-corrected chi connectivity index (χ0v) is 14.0. The van der Waals surface area contributed by atoms with E-state index >= 15 is 0 Å². The summed E-state index contributed by atoms with van der Waals surface area (Å²) in [6, 6.07) is 6.18. The van der Waals surface area contributed by atoms with Crippen molar-refractivity contribution in [1.82, 2.24) is 35.3 Å². The highest BCUT2D eigenvalue weighted by Crippen LogP contribution is 2.24. The molecule has 0 aliphatic carbocycles. The predicted molar refractivity (Wildman–Crippen MR) is 89.8 cm³/mol. The van der Waals surface area contributed by atoms with Crippen LogP contribution in [0.4, 0.5) is 4.39 Å². The number of hydrogen-bond acceptors (Lipinski definition) is 5. The third kappa shape index (κ3) is 3.32. The fourth-order valence-electron chi connectivity index (χ4n) is 3.13. The maximum atomic E-state index is 13.3. The van der Waals surface area contributed by atoms with Crippen LogP contribution >= 0.6 is 0 Å². The second-order valence-corrected chi connectivity index (χ2v) is 6.30. The molecule has 2 aromatic heterocycles. The van der Waals surface area contributed by atoms with Crippen LogP contribution in [0.15, 0.2) is 36.7 Å². The topological polar surface area (TPSA) is 90.5 Å². The summed E-state index contributed by atoms with van der Waals surface area (Å²) < 4.78 is 16.6. The van der Waals surface area contributed by atoms with Gasteiger partial charge >= 0.3 is 0 Å². The van der Waals surface area contributed by atoms with E-state index in [1.165, 1.54) is 12.1 Å². The first-order chi connectivity index (χ1) is 12.7. The fourth-order valence-corrected chi connectivity index (χ4v) is 3.13. The van der Waals surface area contributed by atoms with Gasteiger partial charge in [0, 0.05) is 24.8 Å². The summed E-state index contributed by atoms with van der Waals surface area (Å²) >= 11 is 0. The van der Waals surface area contributed by atoms with E-state index in [-0.39, 0.29) is 17.6 Å². The number of nitrogens with zero attached hydrogens (tertiary/aromatic N) is 6. The van der Waals surface area contributed by atoms with Gasteiger partial charge in [-0.25, -0.2) is 13.8 Å². The van der Waals surface area contributed by atoms with Crippen LogP contribution in [-0.2, 0) is 17.9 Å². The molecule has 3 heterocycles. The van der Waals surface area contributed by atoms with Crippen molar-refractivity contribution in [1.29, 1.82) is 0 Å². The number of benzene rings is 1. The molecule has 1 aliphatic heterocycles. The van der Waals surface area contributed by atoms with Crippen LogP contribution in [0.2, 0.25) is 0 Å². The molecule has 0 bridgehead atoms. The van der Waals surface area contributed by atoms with Crippen molar-refractivity contribution >= 4 is 5.91 Å². The first kappa shape index (κ1) is 16.4. The van der Waals surface area contributed by atoms with Crippen molar-refractivity contribution in [3.05, 3.63) is 53.9 Å². The van der Waals surface area contributed by atoms with E-state index in [1.54, 1.807) is 33.9 Å². The Hall–Kier alpha value is -3.10. The number of hydrogen-bond donors (Lipinski definition) is 1. The van der Waals surface area contributed by atoms with Gasteiger partial charge in [0.05, 0.1) is 17.8 Å². The molecule has 3 aromatic rings. The van der Waals surface area contributed by atoms with E-state index in [2.05, 4.69) is 25.9 Å². The van der Waals surface area contributed by atoms with Crippen molar-refractivity contribution in [3.63, 3.8) is 0 Å². The van der Waals surface area contributed by atoms with Crippen LogP contribution in [0.3, 0.4) is 0 Å². The SMILES string of the molecule is O=C(NCc1cnn(-c2cccc(F)c2)c1)C1CCCCn2nnnc21. The molecule has 26 heavy (non-hydrogen) atoms. The van der Waals surface area contributed by atoms with Gasteiger partial charge in [0.15, 0.2) is 5.82 Å². The molecule has 1 N–H and O–H groups in total. The lowest BCUT2D eigenvalue weighted by Crippen LogP contribution is -2.30. The average molecular weight is 355 g/mol. The molecular formula is C17H18FN7O. The Morgan fingerprint density at radius 1 is 1.35 bits per heavy atom. The summed E-state index contributed by atoms with van der Waals surface area (Å²) in [5.74, 6) is -0.137. The molecule has 9 heteroatoms. The third-order valence-electron chi connectivity index (χ3n) is 4.48. The molecule has 0 radical (unpaired) electrons. The number of nitrogens with one attached hydrogen (secondary N) is 1. The highest BCUT2D eigenvalue weighted by atomic mass is 19.1. The van der Waals surface area contributed by atoms with Gasteiger partial charge in [0.2, 0.25) is 5.91 Å². The van der Waals surface area contributed by atoms with Crippen LogP contribution in [0.1, 0.15) is 36.6 Å². The van der Waals surface area contributed by atoms with Gasteiger partial charge in [0.1, 0.15) is 5.82 Å². The number of tetrazole rings is 1. The number of fused-ring (bicyclic) bond motifs is 1. The molecule has 0 saturated heterocycles. The second-order valence-electron chi connectivity index (χ2n) is 6.30. The lowest BCUT2D eigenvalue weighted by molar-refractivity contribution is -0.123. The molecule has 1 amide bonds. The normalized spacial score (nSPS) is 16.7. The van der Waals surface area contributed by atoms with Crippen molar-refractivity contribution in [2.75, 3.05) is 0 Å². The lowest BCUT2D eigenvalue weighted by Gasteiger charge is -2.12. The second kappa shape index (κ2) is 7.03. The number of halogens is 1. The highest BCUT2D eigenvalue weighted by molar-refractivity contribution is 5.82. The highest BCUT2D eigenvalue weighted by Gasteiger charge is 2.28. The van der Waals surface area contributed by atoms with Gasteiger partial charge in [-0.2, -0.15) is 5.10 Å². The first-order valence-electron chi connectivity index (χ1n) is 8.54. The van der Waals surface area contributed by atoms with E-state index < -0.39 is 0 Å². The van der Waals surface area contributed by atoms with Crippen molar-refractivity contribution < 1.29 is 9.18 Å². The number of aromatic nitrogens is 6. The Kier molecular flexibility index (Phi) is 4.42. The molecule has 1 aliphatic rings. The predicted octanol–water partition coefficient (Wildman–Crippen LogP) is 1.58. The summed E-state index contributed by atoms with van der Waals surface area (Å²) in [6.45, 7) is 1.08. The number of carbonyl (C=O) groups is 1. The molecule has 0 fully saturated rings. The largest absolute Gasteiger partial charge is 0.351 e. The van der Waals surface area contributed by atoms with Crippen LogP contribution in [-0.4, -0.2) is 35.9 Å². The molecular weight excluding hydrogens is 337 g/mol. The Labute approximate surface area is 149 Å². The van der Waals surface area contributed by atoms with Crippen molar-refractivity contribution in [2.45, 2.75) is 38.3 Å². The van der Waals surface area contributed by atoms with Gasteiger partial charge in [-0.05, 0) is 41.5 Å². The van der Waals surface area contributed by atoms with E-state index in [0.717, 1.165) is 31.4 Å². The van der Waals surface area contributed by atoms with Crippen molar-refractivity contribution in [2.24, 2.45) is 0 Å². The summed E-state index contributed by atoms with van der Waals surface area (Å²) in [6.07, 6.45) is 6.06. The Bertz CT molecular complexity index is 919. The minimum absolute atomic E-state index is 0.0959. The molecule has 134 valence electrons. The van der Waals surface area contributed by atoms with Gasteiger partial charge in [0.25, 0.3) is 0 Å². The van der Waals surface area contributed by atoms with Gasteiger partial charge in [-0.15, -0.1) is 5.10 Å². The maximum Gasteiger partial charge on any atom is 0.231 e. The van der Waals surface area contributed by atoms with Crippen LogP contribution < -0.4 is 5.32 Å². The molecule has 8 nitrogen and oxygen atoms in total. The zero-order valence-electron chi connectivity index (χ0n) is 14.0. The summed E-state index contributed by atoms with van der Waals surface area (Å²) in [7, 11) is 0. The Balaban J connectivity index is 1.43. The summed E-state index contributed by atoms with van der Waals surface area (Å²) in [5, 5.41) is 18.8. The smallest absolute Gasteiger partial charge is 0.231 e. The molecule has 0 saturated carbocycles. The number of aryl methyl sites for hydroxylation is 1. The quantitative estimate of drug-likeness (QED) is 0.767. The van der Waals surface area contributed by atoms with E-state index in [1.807, 2.05) is 0 Å². The maximum absolute atomic E-state index is 13.3. The van der Waals surface area contributed by atoms with Crippen LogP contribution in [0.5, 0.6) is 0 Å². The van der Waals surface area contributed by atoms with Gasteiger partial charge < -0.3 is 5.32 Å². The van der Waals surface area contributed by atoms with Crippen LogP contribution in [0.25, 0.3) is 5.69 Å². The minimum atomic E-state index is -0.342. The molecule has 1 aromatic carbocycles. The monoisotopic (exact) mass is 355 g/mol. The number of rotatable bonds is 4. The number of amides is 1. The minimum Gasteiger partial charge on any atom is -0.351 e. The average Bonchev–Trinajstić information content (AvgIpc) is 3.26. The third-order valence-corrected chi connectivity index (χ3v) is 4.48. The molecule has 1 atom stereocenters. The van der Waals surface area contributed by atoms with E-state index in [9.17, 15) is 9.18 Å². The fraction of sp³-hybridized carbons (Fsp3) is 0.353. The first-order valence-corrected chi connectivity index (χ1v) is 8.54. The van der Waals surface area contributed by atoms with Crippen LogP contribution in [0, 0.1) is 5.82 Å². The summed E-state index contributed by atoms with van der Waals surface area (Å²) in [4.78, 5) is 12.6.